The van der Waals surface area contributed by atoms with Crippen molar-refractivity contribution in [1.29, 1.82) is 0 Å². The Morgan fingerprint density at radius 1 is 0.957 bits per heavy atom. The third kappa shape index (κ3) is 9.33. The zero-order valence-electron chi connectivity index (χ0n) is 25.4. The van der Waals surface area contributed by atoms with Gasteiger partial charge in [0.2, 0.25) is 11.8 Å². The van der Waals surface area contributed by atoms with Crippen LogP contribution in [0.3, 0.4) is 0 Å². The molecule has 0 bridgehead atoms. The first-order valence-corrected chi connectivity index (χ1v) is 14.3. The van der Waals surface area contributed by atoms with E-state index >= 15 is 0 Å². The fourth-order valence-corrected chi connectivity index (χ4v) is 6.19. The van der Waals surface area contributed by atoms with Crippen molar-refractivity contribution in [2.45, 2.75) is 43.7 Å². The highest BCUT2D eigenvalue weighted by atomic mass is 19.4. The van der Waals surface area contributed by atoms with Gasteiger partial charge in [0.15, 0.2) is 0 Å². The number of carboxylic acid groups (broad SMARTS) is 2. The second kappa shape index (κ2) is 15.0. The number of ether oxygens (including phenoxy) is 1. The number of aliphatic carboxylic acids is 2. The van der Waals surface area contributed by atoms with Crippen LogP contribution < -0.4 is 4.74 Å². The molecular weight excluding hydrogens is 642 g/mol. The van der Waals surface area contributed by atoms with Gasteiger partial charge in [0.05, 0.1) is 25.0 Å². The van der Waals surface area contributed by atoms with Gasteiger partial charge in [0.1, 0.15) is 5.75 Å². The molecule has 1 aromatic heterocycles. The molecular formula is C30H34F6N4O7. The predicted molar refractivity (Wildman–Crippen MR) is 152 cm³/mol. The number of alkyl halides is 6. The minimum atomic E-state index is -5.08. The van der Waals surface area contributed by atoms with Gasteiger partial charge in [0.25, 0.3) is 0 Å². The van der Waals surface area contributed by atoms with Crippen LogP contribution in [0.1, 0.15) is 24.0 Å². The lowest BCUT2D eigenvalue weighted by Crippen LogP contribution is -2.56. The first-order chi connectivity index (χ1) is 21.9. The van der Waals surface area contributed by atoms with E-state index in [2.05, 4.69) is 16.0 Å². The number of pyridine rings is 1. The van der Waals surface area contributed by atoms with E-state index in [-0.39, 0.29) is 23.3 Å². The van der Waals surface area contributed by atoms with Crippen LogP contribution in [0.4, 0.5) is 26.3 Å². The number of nitrogens with zero attached hydrogens (tertiary/aromatic N) is 4. The zero-order valence-corrected chi connectivity index (χ0v) is 25.4. The Bertz CT molecular complexity index is 1390. The number of halogens is 6. The number of aromatic nitrogens is 1. The maximum Gasteiger partial charge on any atom is 0.490 e. The number of benzene rings is 1. The number of hydrogen-bond acceptors (Lipinski definition) is 7. The molecule has 0 radical (unpaired) electrons. The van der Waals surface area contributed by atoms with Crippen LogP contribution in [0, 0.1) is 11.8 Å². The number of piperidine rings is 1. The van der Waals surface area contributed by atoms with Crippen LogP contribution in [0.5, 0.6) is 5.75 Å². The Kier molecular flexibility index (Phi) is 11.8. The van der Waals surface area contributed by atoms with Gasteiger partial charge in [-0.3, -0.25) is 19.5 Å². The Morgan fingerprint density at radius 3 is 2.04 bits per heavy atom. The smallest absolute Gasteiger partial charge is 0.490 e. The number of hydrogen-bond donors (Lipinski definition) is 2. The summed E-state index contributed by atoms with van der Waals surface area (Å²) in [5, 5.41) is 14.2. The van der Waals surface area contributed by atoms with Crippen LogP contribution in [0.2, 0.25) is 0 Å². The van der Waals surface area contributed by atoms with Crippen molar-refractivity contribution in [3.8, 4) is 5.75 Å². The number of likely N-dealkylation sites (tertiary alicyclic amines) is 3. The molecule has 3 saturated heterocycles. The number of rotatable bonds is 5. The number of amides is 2. The van der Waals surface area contributed by atoms with Gasteiger partial charge in [-0.15, -0.1) is 0 Å². The summed E-state index contributed by atoms with van der Waals surface area (Å²) < 4.78 is 68.8. The molecule has 2 atom stereocenters. The monoisotopic (exact) mass is 676 g/mol. The minimum Gasteiger partial charge on any atom is -0.497 e. The minimum absolute atomic E-state index is 0.0608. The second-order valence-corrected chi connectivity index (χ2v) is 11.3. The van der Waals surface area contributed by atoms with Crippen molar-refractivity contribution in [3.05, 3.63) is 59.9 Å². The molecule has 3 fully saturated rings. The van der Waals surface area contributed by atoms with Crippen molar-refractivity contribution in [2.24, 2.45) is 11.8 Å². The molecule has 2 aromatic rings. The molecule has 17 heteroatoms. The van der Waals surface area contributed by atoms with Crippen molar-refractivity contribution in [3.63, 3.8) is 0 Å². The molecule has 0 aliphatic carbocycles. The second-order valence-electron chi connectivity index (χ2n) is 11.3. The van der Waals surface area contributed by atoms with Gasteiger partial charge in [-0.25, -0.2) is 9.59 Å². The van der Waals surface area contributed by atoms with Crippen molar-refractivity contribution >= 4 is 23.8 Å². The molecule has 0 saturated carbocycles. The normalized spacial score (nSPS) is 20.5. The molecule has 1 spiro atoms. The highest BCUT2D eigenvalue weighted by molar-refractivity contribution is 5.84. The molecule has 0 unspecified atom stereocenters. The first kappa shape index (κ1) is 37.1. The molecule has 11 nitrogen and oxygen atoms in total. The maximum absolute atomic E-state index is 13.2. The fraction of sp³-hybridized carbons (Fsp3) is 0.500. The van der Waals surface area contributed by atoms with Crippen LogP contribution >= 0.6 is 0 Å². The summed E-state index contributed by atoms with van der Waals surface area (Å²) in [6.45, 7) is 3.97. The molecule has 47 heavy (non-hydrogen) atoms. The van der Waals surface area contributed by atoms with Crippen molar-refractivity contribution < 1.29 is 60.5 Å². The molecule has 3 aliphatic rings. The number of methoxy groups -OCH3 is 1. The van der Waals surface area contributed by atoms with Gasteiger partial charge in [-0.05, 0) is 42.2 Å². The van der Waals surface area contributed by atoms with Gasteiger partial charge in [0, 0.05) is 58.1 Å². The Labute approximate surface area is 265 Å². The molecule has 5 rings (SSSR count). The van der Waals surface area contributed by atoms with Gasteiger partial charge >= 0.3 is 24.3 Å². The largest absolute Gasteiger partial charge is 0.497 e. The van der Waals surface area contributed by atoms with E-state index in [4.69, 9.17) is 24.5 Å². The lowest BCUT2D eigenvalue weighted by atomic mass is 9.75. The van der Waals surface area contributed by atoms with E-state index < -0.39 is 24.3 Å². The van der Waals surface area contributed by atoms with E-state index in [0.29, 0.717) is 25.4 Å². The third-order valence-corrected chi connectivity index (χ3v) is 8.49. The Morgan fingerprint density at radius 2 is 1.53 bits per heavy atom. The third-order valence-electron chi connectivity index (χ3n) is 8.49. The Balaban J connectivity index is 0.000000360. The first-order valence-electron chi connectivity index (χ1n) is 14.3. The Hall–Kier alpha value is -4.41. The average molecular weight is 677 g/mol. The van der Waals surface area contributed by atoms with Crippen molar-refractivity contribution in [2.75, 3.05) is 40.3 Å². The lowest BCUT2D eigenvalue weighted by Gasteiger charge is -2.46. The van der Waals surface area contributed by atoms with Gasteiger partial charge in [-0.2, -0.15) is 26.3 Å². The summed E-state index contributed by atoms with van der Waals surface area (Å²) >= 11 is 0. The molecule has 4 heterocycles. The maximum atomic E-state index is 13.2. The van der Waals surface area contributed by atoms with Crippen LogP contribution in [-0.4, -0.2) is 112 Å². The van der Waals surface area contributed by atoms with E-state index in [0.717, 1.165) is 43.8 Å². The predicted octanol–water partition coefficient (Wildman–Crippen LogP) is 3.48. The summed E-state index contributed by atoms with van der Waals surface area (Å²) in [7, 11) is 3.61. The highest BCUT2D eigenvalue weighted by Crippen LogP contribution is 2.49. The lowest BCUT2D eigenvalue weighted by molar-refractivity contribution is -0.193. The SMILES string of the molecule is COc1cccc(CC(=O)N2CCC3(CC2)[C@@H]2CN(Cc4cccnc4)C[C@@H]2C(=O)N3C)c1.O=C(O)C(F)(F)F.O=C(O)C(F)(F)F. The van der Waals surface area contributed by atoms with E-state index in [1.807, 2.05) is 53.4 Å². The molecule has 3 aliphatic heterocycles. The van der Waals surface area contributed by atoms with E-state index in [9.17, 15) is 35.9 Å². The number of carbonyl (C=O) groups excluding carboxylic acids is 2. The van der Waals surface area contributed by atoms with E-state index in [1.165, 1.54) is 5.56 Å². The molecule has 2 N–H and O–H groups in total. The highest BCUT2D eigenvalue weighted by Gasteiger charge is 2.60. The number of carboxylic acids is 2. The number of fused-ring (bicyclic) bond motifs is 2. The van der Waals surface area contributed by atoms with Crippen LogP contribution in [0.15, 0.2) is 48.8 Å². The fourth-order valence-electron chi connectivity index (χ4n) is 6.19. The van der Waals surface area contributed by atoms with Crippen LogP contribution in [0.25, 0.3) is 0 Å². The molecule has 258 valence electrons. The van der Waals surface area contributed by atoms with Gasteiger partial charge in [-0.1, -0.05) is 18.2 Å². The molecule has 2 amide bonds. The molecule has 1 aromatic carbocycles. The van der Waals surface area contributed by atoms with Crippen LogP contribution in [-0.2, 0) is 32.1 Å². The van der Waals surface area contributed by atoms with E-state index in [1.54, 1.807) is 13.3 Å². The average Bonchev–Trinajstić information content (AvgIpc) is 3.51. The summed E-state index contributed by atoms with van der Waals surface area (Å²) in [6.07, 6.45) is -4.39. The quantitative estimate of drug-likeness (QED) is 0.456. The standard InChI is InChI=1S/C26H32N4O3.2C2HF3O2/c1-28-25(32)22-17-29(16-20-6-4-10-27-15-20)18-23(22)26(28)8-11-30(12-9-26)24(31)14-19-5-3-7-21(13-19)33-2;2*3-2(4,5)1(6)7/h3-7,10,13,15,22-23H,8-9,11-12,14,16-18H2,1-2H3;2*(H,6,7)/t22-,23+;;/m0../s1. The van der Waals surface area contributed by atoms with Gasteiger partial charge < -0.3 is 24.7 Å². The summed E-state index contributed by atoms with van der Waals surface area (Å²) in [5.41, 5.74) is 2.01. The summed E-state index contributed by atoms with van der Waals surface area (Å²) in [6, 6.07) is 11.8. The number of carbonyl (C=O) groups is 4. The summed E-state index contributed by atoms with van der Waals surface area (Å²) in [5.74, 6) is -3.95. The van der Waals surface area contributed by atoms with Crippen molar-refractivity contribution in [1.82, 2.24) is 19.7 Å². The summed E-state index contributed by atoms with van der Waals surface area (Å²) in [4.78, 5) is 54.6. The zero-order chi connectivity index (χ0) is 35.2. The topological polar surface area (TPSA) is 141 Å².